The number of anilines is 1. The standard InChI is InChI=1S/C33H48N4O5/c1-9-10-11-19-37(31(40)26(17-18-27(34)38)35-32(41)42-33(6,7)8)29(25-16-15-21(2)24(5)20-25)30(39)36-28-22(3)13-12-14-23(28)4/h12-16,20,26,29H,9-11,17-19H2,1-8H3,(H2,34,38)(H,35,41)(H,36,39). The average molecular weight is 581 g/mol. The number of carbonyl (C=O) groups is 4. The molecule has 0 aliphatic carbocycles. The Labute approximate surface area is 250 Å². The maximum Gasteiger partial charge on any atom is 0.408 e. The summed E-state index contributed by atoms with van der Waals surface area (Å²) in [6.45, 7) is 15.3. The van der Waals surface area contributed by atoms with Crippen molar-refractivity contribution in [3.63, 3.8) is 0 Å². The smallest absolute Gasteiger partial charge is 0.408 e. The van der Waals surface area contributed by atoms with E-state index in [1.54, 1.807) is 20.8 Å². The molecule has 0 spiro atoms. The summed E-state index contributed by atoms with van der Waals surface area (Å²) in [6, 6.07) is 9.35. The third kappa shape index (κ3) is 10.2. The molecule has 2 atom stereocenters. The lowest BCUT2D eigenvalue weighted by molar-refractivity contribution is -0.141. The quantitative estimate of drug-likeness (QED) is 0.259. The van der Waals surface area contributed by atoms with E-state index in [1.165, 1.54) is 4.90 Å². The summed E-state index contributed by atoms with van der Waals surface area (Å²) >= 11 is 0. The molecule has 0 radical (unpaired) electrons. The molecule has 0 fully saturated rings. The van der Waals surface area contributed by atoms with E-state index in [-0.39, 0.29) is 25.3 Å². The van der Waals surface area contributed by atoms with Crippen molar-refractivity contribution >= 4 is 29.5 Å². The lowest BCUT2D eigenvalue weighted by Crippen LogP contribution is -2.53. The number of carbonyl (C=O) groups excluding carboxylic acids is 4. The number of nitrogens with zero attached hydrogens (tertiary/aromatic N) is 1. The molecule has 2 aromatic carbocycles. The highest BCUT2D eigenvalue weighted by Gasteiger charge is 2.36. The minimum atomic E-state index is -1.13. The van der Waals surface area contributed by atoms with E-state index in [0.29, 0.717) is 17.7 Å². The number of ether oxygens (including phenoxy) is 1. The number of amides is 4. The van der Waals surface area contributed by atoms with Crippen LogP contribution in [0.2, 0.25) is 0 Å². The number of nitrogens with one attached hydrogen (secondary N) is 2. The molecule has 2 aromatic rings. The minimum absolute atomic E-state index is 0.0319. The molecule has 9 nitrogen and oxygen atoms in total. The maximum absolute atomic E-state index is 14.3. The molecule has 0 saturated carbocycles. The third-order valence-corrected chi connectivity index (χ3v) is 7.09. The largest absolute Gasteiger partial charge is 0.444 e. The van der Waals surface area contributed by atoms with Crippen molar-refractivity contribution < 1.29 is 23.9 Å². The highest BCUT2D eigenvalue weighted by atomic mass is 16.6. The summed E-state index contributed by atoms with van der Waals surface area (Å²) in [4.78, 5) is 54.5. The molecule has 2 rings (SSSR count). The maximum atomic E-state index is 14.3. The van der Waals surface area contributed by atoms with Crippen LogP contribution in [-0.2, 0) is 19.1 Å². The highest BCUT2D eigenvalue weighted by Crippen LogP contribution is 2.29. The van der Waals surface area contributed by atoms with Crippen molar-refractivity contribution in [2.24, 2.45) is 5.73 Å². The zero-order valence-electron chi connectivity index (χ0n) is 26.4. The van der Waals surface area contributed by atoms with Crippen molar-refractivity contribution in [2.75, 3.05) is 11.9 Å². The van der Waals surface area contributed by atoms with Crippen LogP contribution in [0.5, 0.6) is 0 Å². The monoisotopic (exact) mass is 580 g/mol. The predicted molar refractivity (Wildman–Crippen MR) is 166 cm³/mol. The molecule has 0 saturated heterocycles. The van der Waals surface area contributed by atoms with E-state index in [0.717, 1.165) is 35.1 Å². The van der Waals surface area contributed by atoms with E-state index in [2.05, 4.69) is 17.6 Å². The molecule has 4 amide bonds. The molecular formula is C33H48N4O5. The van der Waals surface area contributed by atoms with Gasteiger partial charge in [0.25, 0.3) is 5.91 Å². The molecule has 4 N–H and O–H groups in total. The second-order valence-corrected chi connectivity index (χ2v) is 11.9. The molecule has 0 aromatic heterocycles. The van der Waals surface area contributed by atoms with Gasteiger partial charge in [-0.1, -0.05) is 56.2 Å². The molecule has 0 heterocycles. The van der Waals surface area contributed by atoms with Gasteiger partial charge in [-0.2, -0.15) is 0 Å². The van der Waals surface area contributed by atoms with E-state index in [1.807, 2.05) is 64.1 Å². The van der Waals surface area contributed by atoms with E-state index < -0.39 is 35.6 Å². The van der Waals surface area contributed by atoms with Crippen molar-refractivity contribution in [1.82, 2.24) is 10.2 Å². The van der Waals surface area contributed by atoms with Gasteiger partial charge < -0.3 is 26.0 Å². The van der Waals surface area contributed by atoms with Gasteiger partial charge in [-0.3, -0.25) is 14.4 Å². The van der Waals surface area contributed by atoms with E-state index in [9.17, 15) is 19.2 Å². The van der Waals surface area contributed by atoms with Gasteiger partial charge in [0, 0.05) is 18.7 Å². The second kappa shape index (κ2) is 15.4. The van der Waals surface area contributed by atoms with Crippen LogP contribution in [0.1, 0.15) is 93.7 Å². The number of benzene rings is 2. The summed E-state index contributed by atoms with van der Waals surface area (Å²) in [5, 5.41) is 5.72. The fourth-order valence-corrected chi connectivity index (χ4v) is 4.70. The Bertz CT molecular complexity index is 1250. The number of hydrogen-bond acceptors (Lipinski definition) is 5. The minimum Gasteiger partial charge on any atom is -0.444 e. The number of unbranched alkanes of at least 4 members (excludes halogenated alkanes) is 2. The first kappa shape index (κ1) is 34.3. The van der Waals surface area contributed by atoms with Gasteiger partial charge in [0.2, 0.25) is 11.8 Å². The first-order chi connectivity index (χ1) is 19.6. The van der Waals surface area contributed by atoms with Crippen LogP contribution in [0.25, 0.3) is 0 Å². The number of alkyl carbamates (subject to hydrolysis) is 1. The summed E-state index contributed by atoms with van der Waals surface area (Å²) in [7, 11) is 0. The fourth-order valence-electron chi connectivity index (χ4n) is 4.70. The molecule has 0 aliphatic rings. The molecule has 2 unspecified atom stereocenters. The Morgan fingerprint density at radius 2 is 1.57 bits per heavy atom. The lowest BCUT2D eigenvalue weighted by Gasteiger charge is -2.35. The molecular weight excluding hydrogens is 532 g/mol. The number of hydrogen-bond donors (Lipinski definition) is 3. The van der Waals surface area contributed by atoms with Crippen molar-refractivity contribution in [1.29, 1.82) is 0 Å². The summed E-state index contributed by atoms with van der Waals surface area (Å²) in [5.74, 6) is -1.46. The number of para-hydroxylation sites is 1. The Kier molecular flexibility index (Phi) is 12.6. The van der Waals surface area contributed by atoms with Gasteiger partial charge in [-0.15, -0.1) is 0 Å². The van der Waals surface area contributed by atoms with E-state index >= 15 is 0 Å². The van der Waals surface area contributed by atoms with Crippen molar-refractivity contribution in [3.8, 4) is 0 Å². The number of rotatable bonds is 13. The second-order valence-electron chi connectivity index (χ2n) is 11.9. The summed E-state index contributed by atoms with van der Waals surface area (Å²) in [6.07, 6.45) is 1.45. The Morgan fingerprint density at radius 3 is 2.12 bits per heavy atom. The zero-order chi connectivity index (χ0) is 31.6. The van der Waals surface area contributed by atoms with Gasteiger partial charge >= 0.3 is 6.09 Å². The van der Waals surface area contributed by atoms with Gasteiger partial charge in [0.15, 0.2) is 0 Å². The van der Waals surface area contributed by atoms with Crippen molar-refractivity contribution in [2.45, 2.75) is 105 Å². The first-order valence-corrected chi connectivity index (χ1v) is 14.7. The van der Waals surface area contributed by atoms with Crippen LogP contribution in [0, 0.1) is 27.7 Å². The van der Waals surface area contributed by atoms with Gasteiger partial charge in [-0.25, -0.2) is 4.79 Å². The van der Waals surface area contributed by atoms with Crippen molar-refractivity contribution in [3.05, 3.63) is 64.2 Å². The molecule has 230 valence electrons. The lowest BCUT2D eigenvalue weighted by atomic mass is 9.97. The topological polar surface area (TPSA) is 131 Å². The van der Waals surface area contributed by atoms with Crippen LogP contribution in [0.4, 0.5) is 10.5 Å². The zero-order valence-corrected chi connectivity index (χ0v) is 26.4. The number of primary amides is 1. The highest BCUT2D eigenvalue weighted by molar-refractivity contribution is 6.00. The fraction of sp³-hybridized carbons (Fsp3) is 0.515. The van der Waals surface area contributed by atoms with Crippen LogP contribution in [0.3, 0.4) is 0 Å². The van der Waals surface area contributed by atoms with Gasteiger partial charge in [-0.05, 0) is 89.1 Å². The Morgan fingerprint density at radius 1 is 0.929 bits per heavy atom. The van der Waals surface area contributed by atoms with Crippen LogP contribution >= 0.6 is 0 Å². The third-order valence-electron chi connectivity index (χ3n) is 7.09. The number of nitrogens with two attached hydrogens (primary N) is 1. The average Bonchev–Trinajstić information content (AvgIpc) is 2.88. The number of aryl methyl sites for hydroxylation is 4. The Balaban J connectivity index is 2.63. The normalized spacial score (nSPS) is 12.7. The van der Waals surface area contributed by atoms with Crippen LogP contribution in [-0.4, -0.2) is 46.9 Å². The molecule has 42 heavy (non-hydrogen) atoms. The first-order valence-electron chi connectivity index (χ1n) is 14.7. The summed E-state index contributed by atoms with van der Waals surface area (Å²) in [5.41, 5.74) is 9.80. The SMILES string of the molecule is CCCCCN(C(=O)C(CCC(N)=O)NC(=O)OC(C)(C)C)C(C(=O)Nc1c(C)cccc1C)c1ccc(C)c(C)c1. The summed E-state index contributed by atoms with van der Waals surface area (Å²) < 4.78 is 5.41. The Hall–Kier alpha value is -3.88. The predicted octanol–water partition coefficient (Wildman–Crippen LogP) is 5.78. The van der Waals surface area contributed by atoms with E-state index in [4.69, 9.17) is 10.5 Å². The van der Waals surface area contributed by atoms with Crippen LogP contribution in [0.15, 0.2) is 36.4 Å². The molecule has 0 bridgehead atoms. The molecule has 9 heteroatoms. The molecule has 0 aliphatic heterocycles. The van der Waals surface area contributed by atoms with Crippen LogP contribution < -0.4 is 16.4 Å². The van der Waals surface area contributed by atoms with Gasteiger partial charge in [0.1, 0.15) is 17.7 Å². The van der Waals surface area contributed by atoms with Gasteiger partial charge in [0.05, 0.1) is 0 Å².